The van der Waals surface area contributed by atoms with Gasteiger partial charge in [0.25, 0.3) is 0 Å². The summed E-state index contributed by atoms with van der Waals surface area (Å²) in [5.41, 5.74) is 0.657. The predicted octanol–water partition coefficient (Wildman–Crippen LogP) is 5.35. The molecule has 0 saturated carbocycles. The van der Waals surface area contributed by atoms with Crippen molar-refractivity contribution in [3.05, 3.63) is 47.0 Å². The van der Waals surface area contributed by atoms with Crippen LogP contribution in [0.25, 0.3) is 0 Å². The number of hydrogen-bond donors (Lipinski definition) is 0. The summed E-state index contributed by atoms with van der Waals surface area (Å²) in [6, 6.07) is 9.17. The first-order valence-electron chi connectivity index (χ1n) is 6.71. The van der Waals surface area contributed by atoms with E-state index >= 15 is 0 Å². The molecule has 0 aromatic heterocycles. The van der Waals surface area contributed by atoms with Crippen molar-refractivity contribution in [3.8, 4) is 0 Å². The van der Waals surface area contributed by atoms with E-state index in [1.807, 2.05) is 24.3 Å². The van der Waals surface area contributed by atoms with E-state index in [-0.39, 0.29) is 5.78 Å². The van der Waals surface area contributed by atoms with Crippen LogP contribution in [0.5, 0.6) is 0 Å². The van der Waals surface area contributed by atoms with E-state index in [1.54, 1.807) is 12.1 Å². The number of ketones is 1. The first kappa shape index (κ1) is 15.0. The van der Waals surface area contributed by atoms with Gasteiger partial charge in [-0.05, 0) is 12.8 Å². The molecule has 0 unspecified atom stereocenters. The fourth-order valence-corrected chi connectivity index (χ4v) is 2.02. The molecule has 0 heterocycles. The molecule has 1 aromatic carbocycles. The van der Waals surface area contributed by atoms with Gasteiger partial charge in [0.15, 0.2) is 0 Å². The highest BCUT2D eigenvalue weighted by Crippen LogP contribution is 2.14. The molecule has 0 aliphatic rings. The Morgan fingerprint density at radius 3 is 2.44 bits per heavy atom. The third kappa shape index (κ3) is 5.50. The minimum atomic E-state index is -0.0779. The molecule has 0 atom stereocenters. The Morgan fingerprint density at radius 2 is 1.78 bits per heavy atom. The molecule has 0 aliphatic carbocycles. The van der Waals surface area contributed by atoms with E-state index in [2.05, 4.69) is 6.92 Å². The summed E-state index contributed by atoms with van der Waals surface area (Å²) >= 11 is 6.02. The number of halogens is 1. The maximum Gasteiger partial charge on any atom is 0.204 e. The van der Waals surface area contributed by atoms with Crippen LogP contribution in [0.3, 0.4) is 0 Å². The van der Waals surface area contributed by atoms with Crippen LogP contribution in [0.4, 0.5) is 0 Å². The first-order valence-corrected chi connectivity index (χ1v) is 7.09. The Balaban J connectivity index is 2.35. The van der Waals surface area contributed by atoms with Gasteiger partial charge in [-0.25, -0.2) is 0 Å². The molecule has 0 fully saturated rings. The molecule has 1 rings (SSSR count). The number of carbonyl (C=O) groups excluding carboxylic acids is 1. The normalized spacial score (nSPS) is 11.6. The van der Waals surface area contributed by atoms with E-state index in [0.29, 0.717) is 10.6 Å². The molecular weight excluding hydrogens is 244 g/mol. The van der Waals surface area contributed by atoms with Gasteiger partial charge in [-0.1, -0.05) is 80.6 Å². The van der Waals surface area contributed by atoms with Crippen LogP contribution in [0.15, 0.2) is 41.4 Å². The van der Waals surface area contributed by atoms with E-state index in [4.69, 9.17) is 11.6 Å². The summed E-state index contributed by atoms with van der Waals surface area (Å²) in [5, 5.41) is 0.344. The lowest BCUT2D eigenvalue weighted by Crippen LogP contribution is -1.98. The molecule has 2 heteroatoms. The van der Waals surface area contributed by atoms with Crippen LogP contribution in [0.1, 0.15) is 55.8 Å². The number of unbranched alkanes of at least 4 members (excludes halogenated alkanes) is 5. The van der Waals surface area contributed by atoms with E-state index in [9.17, 15) is 4.79 Å². The molecule has 0 spiro atoms. The van der Waals surface area contributed by atoms with Crippen molar-refractivity contribution in [3.63, 3.8) is 0 Å². The highest BCUT2D eigenvalue weighted by molar-refractivity contribution is 6.45. The maximum absolute atomic E-state index is 11.9. The van der Waals surface area contributed by atoms with Crippen molar-refractivity contribution in [2.75, 3.05) is 0 Å². The monoisotopic (exact) mass is 264 g/mol. The molecule has 0 bridgehead atoms. The Morgan fingerprint density at radius 1 is 1.11 bits per heavy atom. The van der Waals surface area contributed by atoms with Crippen LogP contribution in [-0.4, -0.2) is 5.78 Å². The van der Waals surface area contributed by atoms with Crippen molar-refractivity contribution < 1.29 is 4.79 Å². The van der Waals surface area contributed by atoms with Gasteiger partial charge < -0.3 is 0 Å². The number of hydrogen-bond acceptors (Lipinski definition) is 1. The average Bonchev–Trinajstić information content (AvgIpc) is 2.42. The number of allylic oxidation sites excluding steroid dienone is 2. The summed E-state index contributed by atoms with van der Waals surface area (Å²) < 4.78 is 0. The Kier molecular flexibility index (Phi) is 7.43. The average molecular weight is 265 g/mol. The Labute approximate surface area is 115 Å². The van der Waals surface area contributed by atoms with Crippen LogP contribution in [0, 0.1) is 0 Å². The molecule has 1 aromatic rings. The predicted molar refractivity (Wildman–Crippen MR) is 78.1 cm³/mol. The second-order valence-electron chi connectivity index (χ2n) is 4.45. The zero-order chi connectivity index (χ0) is 13.2. The summed E-state index contributed by atoms with van der Waals surface area (Å²) in [6.45, 7) is 2.20. The van der Waals surface area contributed by atoms with Gasteiger partial charge in [0.2, 0.25) is 5.78 Å². The van der Waals surface area contributed by atoms with E-state index in [1.165, 1.54) is 25.7 Å². The van der Waals surface area contributed by atoms with Crippen LogP contribution < -0.4 is 0 Å². The number of rotatable bonds is 8. The third-order valence-electron chi connectivity index (χ3n) is 2.88. The molecule has 18 heavy (non-hydrogen) atoms. The van der Waals surface area contributed by atoms with Crippen LogP contribution >= 0.6 is 11.6 Å². The highest BCUT2D eigenvalue weighted by Gasteiger charge is 2.08. The quantitative estimate of drug-likeness (QED) is 0.351. The van der Waals surface area contributed by atoms with Gasteiger partial charge in [-0.2, -0.15) is 0 Å². The lowest BCUT2D eigenvalue weighted by Gasteiger charge is -2.00. The molecule has 98 valence electrons. The number of Topliss-reactive ketones (excluding diaryl/α,β-unsaturated/α-hetero) is 1. The molecule has 1 nitrogen and oxygen atoms in total. The molecule has 0 aliphatic heterocycles. The van der Waals surface area contributed by atoms with Crippen molar-refractivity contribution in [2.45, 2.75) is 45.4 Å². The molecule has 0 amide bonds. The van der Waals surface area contributed by atoms with Gasteiger partial charge >= 0.3 is 0 Å². The standard InChI is InChI=1S/C16H21ClO/c1-2-3-4-5-6-10-13-15(17)16(18)14-11-8-7-9-12-14/h7-9,11-13H,2-6,10H2,1H3/b15-13-. The SMILES string of the molecule is CCCCCCC/C=C(\Cl)C(=O)c1ccccc1. The summed E-state index contributed by atoms with van der Waals surface area (Å²) in [7, 11) is 0. The van der Waals surface area contributed by atoms with Gasteiger partial charge in [0.05, 0.1) is 5.03 Å². The molecule has 0 radical (unpaired) electrons. The summed E-state index contributed by atoms with van der Waals surface area (Å²) in [4.78, 5) is 11.9. The number of benzene rings is 1. The lowest BCUT2D eigenvalue weighted by molar-refractivity contribution is 0.104. The Hall–Kier alpha value is -1.08. The smallest absolute Gasteiger partial charge is 0.204 e. The second-order valence-corrected chi connectivity index (χ2v) is 4.86. The van der Waals surface area contributed by atoms with Crippen molar-refractivity contribution in [2.24, 2.45) is 0 Å². The molecule has 0 saturated heterocycles. The largest absolute Gasteiger partial charge is 0.288 e. The minimum Gasteiger partial charge on any atom is -0.288 e. The van der Waals surface area contributed by atoms with Gasteiger partial charge in [0, 0.05) is 5.56 Å². The lowest BCUT2D eigenvalue weighted by atomic mass is 10.1. The third-order valence-corrected chi connectivity index (χ3v) is 3.21. The maximum atomic E-state index is 11.9. The van der Waals surface area contributed by atoms with Crippen molar-refractivity contribution in [1.29, 1.82) is 0 Å². The zero-order valence-electron chi connectivity index (χ0n) is 11.0. The highest BCUT2D eigenvalue weighted by atomic mass is 35.5. The van der Waals surface area contributed by atoms with Crippen LogP contribution in [-0.2, 0) is 0 Å². The number of carbonyl (C=O) groups is 1. The summed E-state index contributed by atoms with van der Waals surface area (Å²) in [5.74, 6) is -0.0779. The fourth-order valence-electron chi connectivity index (χ4n) is 1.80. The summed E-state index contributed by atoms with van der Waals surface area (Å²) in [6.07, 6.45) is 8.88. The zero-order valence-corrected chi connectivity index (χ0v) is 11.7. The van der Waals surface area contributed by atoms with Gasteiger partial charge in [0.1, 0.15) is 0 Å². The van der Waals surface area contributed by atoms with E-state index in [0.717, 1.165) is 12.8 Å². The first-order chi connectivity index (χ1) is 8.75. The molecular formula is C16H21ClO. The van der Waals surface area contributed by atoms with Crippen molar-refractivity contribution in [1.82, 2.24) is 0 Å². The van der Waals surface area contributed by atoms with Gasteiger partial charge in [-0.15, -0.1) is 0 Å². The Bertz CT molecular complexity index is 381. The van der Waals surface area contributed by atoms with E-state index < -0.39 is 0 Å². The van der Waals surface area contributed by atoms with Crippen molar-refractivity contribution >= 4 is 17.4 Å². The topological polar surface area (TPSA) is 17.1 Å². The molecule has 0 N–H and O–H groups in total. The second kappa shape index (κ2) is 8.93. The fraction of sp³-hybridized carbons (Fsp3) is 0.438. The van der Waals surface area contributed by atoms with Gasteiger partial charge in [-0.3, -0.25) is 4.79 Å². The van der Waals surface area contributed by atoms with Crippen LogP contribution in [0.2, 0.25) is 0 Å². The minimum absolute atomic E-state index is 0.0779.